The second kappa shape index (κ2) is 7.84. The molecule has 0 N–H and O–H groups in total. The van der Waals surface area contributed by atoms with Gasteiger partial charge in [0.15, 0.2) is 11.5 Å². The molecule has 2 aromatic rings. The van der Waals surface area contributed by atoms with Gasteiger partial charge in [-0.2, -0.15) is 0 Å². The molecule has 5 heteroatoms. The Bertz CT molecular complexity index is 858. The molecule has 1 fully saturated rings. The van der Waals surface area contributed by atoms with Crippen molar-refractivity contribution in [1.29, 1.82) is 0 Å². The van der Waals surface area contributed by atoms with Crippen molar-refractivity contribution in [2.24, 2.45) is 0 Å². The molecular weight excluding hydrogens is 356 g/mol. The molecule has 0 amide bonds. The predicted molar refractivity (Wildman–Crippen MR) is 105 cm³/mol. The van der Waals surface area contributed by atoms with E-state index in [1.54, 1.807) is 26.4 Å². The summed E-state index contributed by atoms with van der Waals surface area (Å²) in [5, 5.41) is 0. The van der Waals surface area contributed by atoms with Crippen LogP contribution < -0.4 is 9.47 Å². The number of carbonyl (C=O) groups excluding carboxylic acids is 1. The van der Waals surface area contributed by atoms with Crippen LogP contribution in [0.4, 0.5) is 0 Å². The van der Waals surface area contributed by atoms with Crippen molar-refractivity contribution in [2.45, 2.75) is 43.8 Å². The first-order valence-electron chi connectivity index (χ1n) is 9.75. The second-order valence-corrected chi connectivity index (χ2v) is 7.40. The summed E-state index contributed by atoms with van der Waals surface area (Å²) in [6.45, 7) is 0. The van der Waals surface area contributed by atoms with Crippen molar-refractivity contribution in [3.8, 4) is 11.5 Å². The molecule has 5 nitrogen and oxygen atoms in total. The molecule has 0 radical (unpaired) electrons. The highest BCUT2D eigenvalue weighted by atomic mass is 16.5. The van der Waals surface area contributed by atoms with Gasteiger partial charge in [0.25, 0.3) is 0 Å². The summed E-state index contributed by atoms with van der Waals surface area (Å²) in [5.74, 6) is 1.51. The van der Waals surface area contributed by atoms with Crippen molar-refractivity contribution in [2.75, 3.05) is 21.3 Å². The Morgan fingerprint density at radius 1 is 0.929 bits per heavy atom. The lowest BCUT2D eigenvalue weighted by molar-refractivity contribution is -0.0391. The maximum Gasteiger partial charge on any atom is 0.337 e. The Hall–Kier alpha value is -2.53. The van der Waals surface area contributed by atoms with Crippen molar-refractivity contribution in [1.82, 2.24) is 0 Å². The number of methoxy groups -OCH3 is 3. The first-order chi connectivity index (χ1) is 13.7. The molecule has 28 heavy (non-hydrogen) atoms. The fraction of sp³-hybridized carbons (Fsp3) is 0.435. The van der Waals surface area contributed by atoms with Crippen LogP contribution in [0, 0.1) is 0 Å². The SMILES string of the molecule is COC(=O)c1ccc([C@@H]2O[C@H]3CCCC[C@@H]3c3cc(OC)c(OC)cc32)cc1. The van der Waals surface area contributed by atoms with E-state index in [0.29, 0.717) is 17.2 Å². The highest BCUT2D eigenvalue weighted by Gasteiger charge is 2.38. The number of benzene rings is 2. The summed E-state index contributed by atoms with van der Waals surface area (Å²) >= 11 is 0. The minimum Gasteiger partial charge on any atom is -0.493 e. The van der Waals surface area contributed by atoms with Crippen LogP contribution in [0.5, 0.6) is 11.5 Å². The molecule has 0 unspecified atom stereocenters. The van der Waals surface area contributed by atoms with E-state index in [0.717, 1.165) is 29.7 Å². The van der Waals surface area contributed by atoms with Crippen molar-refractivity contribution >= 4 is 5.97 Å². The highest BCUT2D eigenvalue weighted by Crippen LogP contribution is 2.49. The van der Waals surface area contributed by atoms with Gasteiger partial charge in [-0.3, -0.25) is 0 Å². The Morgan fingerprint density at radius 2 is 1.57 bits per heavy atom. The number of fused-ring (bicyclic) bond motifs is 3. The Kier molecular flexibility index (Phi) is 5.27. The van der Waals surface area contributed by atoms with Crippen molar-refractivity contribution in [3.63, 3.8) is 0 Å². The van der Waals surface area contributed by atoms with Crippen LogP contribution in [0.15, 0.2) is 36.4 Å². The third-order valence-electron chi connectivity index (χ3n) is 5.92. The van der Waals surface area contributed by atoms with Gasteiger partial charge in [0.05, 0.1) is 33.0 Å². The van der Waals surface area contributed by atoms with E-state index in [4.69, 9.17) is 18.9 Å². The number of esters is 1. The molecule has 3 atom stereocenters. The summed E-state index contributed by atoms with van der Waals surface area (Å²) in [4.78, 5) is 11.8. The van der Waals surface area contributed by atoms with E-state index >= 15 is 0 Å². The topological polar surface area (TPSA) is 54.0 Å². The molecule has 1 heterocycles. The lowest BCUT2D eigenvalue weighted by Crippen LogP contribution is -2.33. The van der Waals surface area contributed by atoms with Crippen LogP contribution >= 0.6 is 0 Å². The Labute approximate surface area is 165 Å². The molecule has 1 aliphatic carbocycles. The molecule has 2 aliphatic rings. The van der Waals surface area contributed by atoms with Gasteiger partial charge in [-0.05, 0) is 53.8 Å². The zero-order valence-corrected chi connectivity index (χ0v) is 16.6. The molecule has 0 bridgehead atoms. The van der Waals surface area contributed by atoms with E-state index in [-0.39, 0.29) is 18.2 Å². The fourth-order valence-electron chi connectivity index (χ4n) is 4.49. The molecular formula is C23H26O5. The van der Waals surface area contributed by atoms with E-state index in [1.807, 2.05) is 18.2 Å². The number of carbonyl (C=O) groups is 1. The summed E-state index contributed by atoms with van der Waals surface area (Å²) in [5.41, 5.74) is 3.96. The number of hydrogen-bond donors (Lipinski definition) is 0. The van der Waals surface area contributed by atoms with Crippen molar-refractivity contribution < 1.29 is 23.7 Å². The number of rotatable bonds is 4. The minimum atomic E-state index is -0.338. The molecule has 2 aromatic carbocycles. The first kappa shape index (κ1) is 18.8. The second-order valence-electron chi connectivity index (χ2n) is 7.40. The molecule has 1 aliphatic heterocycles. The van der Waals surface area contributed by atoms with Gasteiger partial charge in [-0.25, -0.2) is 4.79 Å². The third kappa shape index (κ3) is 3.24. The minimum absolute atomic E-state index is 0.194. The molecule has 1 saturated carbocycles. The average molecular weight is 382 g/mol. The lowest BCUT2D eigenvalue weighted by atomic mass is 9.76. The summed E-state index contributed by atoms with van der Waals surface area (Å²) in [7, 11) is 4.71. The average Bonchev–Trinajstić information content (AvgIpc) is 2.77. The normalized spacial score (nSPS) is 23.3. The van der Waals surface area contributed by atoms with Crippen LogP contribution in [-0.2, 0) is 9.47 Å². The predicted octanol–water partition coefficient (Wildman–Crippen LogP) is 4.64. The first-order valence-corrected chi connectivity index (χ1v) is 9.75. The molecule has 148 valence electrons. The summed E-state index contributed by atoms with van der Waals surface area (Å²) in [6, 6.07) is 11.6. The Morgan fingerprint density at radius 3 is 2.21 bits per heavy atom. The van der Waals surface area contributed by atoms with Gasteiger partial charge in [0.1, 0.15) is 6.10 Å². The van der Waals surface area contributed by atoms with Crippen LogP contribution in [-0.4, -0.2) is 33.4 Å². The van der Waals surface area contributed by atoms with Crippen LogP contribution in [0.1, 0.15) is 64.8 Å². The maximum absolute atomic E-state index is 11.8. The van der Waals surface area contributed by atoms with E-state index in [1.165, 1.54) is 25.5 Å². The van der Waals surface area contributed by atoms with Crippen molar-refractivity contribution in [3.05, 3.63) is 58.7 Å². The summed E-state index contributed by atoms with van der Waals surface area (Å²) < 4.78 is 22.5. The molecule has 4 rings (SSSR count). The maximum atomic E-state index is 11.8. The van der Waals surface area contributed by atoms with Crippen LogP contribution in [0.3, 0.4) is 0 Å². The van der Waals surface area contributed by atoms with E-state index in [2.05, 4.69) is 6.07 Å². The molecule has 0 saturated heterocycles. The number of hydrogen-bond acceptors (Lipinski definition) is 5. The van der Waals surface area contributed by atoms with E-state index in [9.17, 15) is 4.79 Å². The monoisotopic (exact) mass is 382 g/mol. The van der Waals surface area contributed by atoms with Crippen LogP contribution in [0.2, 0.25) is 0 Å². The van der Waals surface area contributed by atoms with Gasteiger partial charge in [-0.15, -0.1) is 0 Å². The van der Waals surface area contributed by atoms with Gasteiger partial charge >= 0.3 is 5.97 Å². The van der Waals surface area contributed by atoms with Crippen LogP contribution in [0.25, 0.3) is 0 Å². The number of ether oxygens (including phenoxy) is 4. The largest absolute Gasteiger partial charge is 0.493 e. The zero-order chi connectivity index (χ0) is 19.7. The highest BCUT2D eigenvalue weighted by molar-refractivity contribution is 5.89. The smallest absolute Gasteiger partial charge is 0.337 e. The Balaban J connectivity index is 1.79. The third-order valence-corrected chi connectivity index (χ3v) is 5.92. The van der Waals surface area contributed by atoms with Gasteiger partial charge in [0, 0.05) is 5.92 Å². The summed E-state index contributed by atoms with van der Waals surface area (Å²) in [6.07, 6.45) is 4.61. The quantitative estimate of drug-likeness (QED) is 0.721. The van der Waals surface area contributed by atoms with E-state index < -0.39 is 0 Å². The standard InChI is InChI=1S/C23H26O5/c1-25-20-12-17-16-6-4-5-7-19(16)28-22(18(17)13-21(20)26-2)14-8-10-15(11-9-14)23(24)27-3/h8-13,16,19,22H,4-7H2,1-3H3/t16-,19+,22+/m1/s1. The fourth-order valence-corrected chi connectivity index (χ4v) is 4.49. The zero-order valence-electron chi connectivity index (χ0n) is 16.6. The van der Waals surface area contributed by atoms with Gasteiger partial charge in [-0.1, -0.05) is 25.0 Å². The molecule has 0 aromatic heterocycles. The lowest BCUT2D eigenvalue weighted by Gasteiger charge is -2.41. The van der Waals surface area contributed by atoms with Gasteiger partial charge in [0.2, 0.25) is 0 Å². The molecule has 0 spiro atoms. The van der Waals surface area contributed by atoms with Gasteiger partial charge < -0.3 is 18.9 Å².